The second-order valence-corrected chi connectivity index (χ2v) is 10.2. The van der Waals surface area contributed by atoms with Crippen LogP contribution >= 0.6 is 0 Å². The highest BCUT2D eigenvalue weighted by Gasteiger charge is 2.43. The monoisotopic (exact) mass is 407 g/mol. The number of hydrogen-bond acceptors (Lipinski definition) is 3. The van der Waals surface area contributed by atoms with E-state index in [1.807, 2.05) is 38.1 Å². The average Bonchev–Trinajstić information content (AvgIpc) is 2.88. The number of carbonyl (C=O) groups is 2. The molecular weight excluding hydrogens is 374 g/mol. The number of ketones is 1. The van der Waals surface area contributed by atoms with Gasteiger partial charge in [-0.25, -0.2) is 0 Å². The Morgan fingerprint density at radius 2 is 1.67 bits per heavy atom. The van der Waals surface area contributed by atoms with Crippen molar-refractivity contribution in [2.45, 2.75) is 73.3 Å². The summed E-state index contributed by atoms with van der Waals surface area (Å²) in [5.41, 5.74) is 5.27. The molecule has 3 rings (SSSR count). The lowest BCUT2D eigenvalue weighted by atomic mass is 9.80. The van der Waals surface area contributed by atoms with Crippen LogP contribution in [-0.2, 0) is 4.79 Å². The number of anilines is 1. The number of amides is 1. The molecule has 2 aromatic carbocycles. The van der Waals surface area contributed by atoms with Crippen molar-refractivity contribution in [2.24, 2.45) is 5.41 Å². The second kappa shape index (κ2) is 7.57. The molecule has 1 heterocycles. The molecular formula is C26H33NO3. The minimum atomic E-state index is -0.439. The van der Waals surface area contributed by atoms with Gasteiger partial charge in [0.25, 0.3) is 0 Å². The highest BCUT2D eigenvalue weighted by Crippen LogP contribution is 2.51. The van der Waals surface area contributed by atoms with Crippen molar-refractivity contribution in [3.8, 4) is 5.75 Å². The zero-order valence-electron chi connectivity index (χ0n) is 19.4. The van der Waals surface area contributed by atoms with Crippen LogP contribution < -0.4 is 10.1 Å². The molecule has 0 saturated heterocycles. The summed E-state index contributed by atoms with van der Waals surface area (Å²) in [5.74, 6) is 0.975. The maximum absolute atomic E-state index is 12.6. The normalized spacial score (nSPS) is 17.3. The quantitative estimate of drug-likeness (QED) is 0.615. The van der Waals surface area contributed by atoms with E-state index in [4.69, 9.17) is 4.74 Å². The standard InChI is InChI=1S/C26H33NO3/c1-15-16(2)24-20(13-21(15)27-22(29)14-25(4,5)6)23(26(7,8)30-24)19-11-9-18(10-12-19)17(3)28/h9-13,23H,14H2,1-8H3,(H,27,29). The van der Waals surface area contributed by atoms with Crippen molar-refractivity contribution in [3.63, 3.8) is 0 Å². The number of benzene rings is 2. The molecule has 0 saturated carbocycles. The van der Waals surface area contributed by atoms with E-state index in [2.05, 4.69) is 46.0 Å². The van der Waals surface area contributed by atoms with E-state index >= 15 is 0 Å². The van der Waals surface area contributed by atoms with Gasteiger partial charge in [-0.05, 0) is 62.8 Å². The first-order valence-electron chi connectivity index (χ1n) is 10.5. The van der Waals surface area contributed by atoms with Gasteiger partial charge < -0.3 is 10.1 Å². The fourth-order valence-corrected chi connectivity index (χ4v) is 4.26. The largest absolute Gasteiger partial charge is 0.486 e. The van der Waals surface area contributed by atoms with Crippen LogP contribution in [0.2, 0.25) is 0 Å². The van der Waals surface area contributed by atoms with Crippen LogP contribution in [0.1, 0.15) is 86.5 Å². The van der Waals surface area contributed by atoms with E-state index in [-0.39, 0.29) is 23.0 Å². The molecule has 160 valence electrons. The zero-order chi connectivity index (χ0) is 22.4. The molecule has 0 aromatic heterocycles. The van der Waals surface area contributed by atoms with Gasteiger partial charge >= 0.3 is 0 Å². The van der Waals surface area contributed by atoms with Crippen molar-refractivity contribution in [2.75, 3.05) is 5.32 Å². The topological polar surface area (TPSA) is 55.4 Å². The van der Waals surface area contributed by atoms with Gasteiger partial charge in [-0.15, -0.1) is 0 Å². The van der Waals surface area contributed by atoms with Crippen LogP contribution in [0, 0.1) is 19.3 Å². The predicted molar refractivity (Wildman–Crippen MR) is 122 cm³/mol. The third-order valence-electron chi connectivity index (χ3n) is 5.86. The molecule has 4 nitrogen and oxygen atoms in total. The van der Waals surface area contributed by atoms with E-state index < -0.39 is 5.60 Å². The first-order valence-corrected chi connectivity index (χ1v) is 10.5. The minimum absolute atomic E-state index is 0.00563. The first-order chi connectivity index (χ1) is 13.8. The van der Waals surface area contributed by atoms with Gasteiger partial charge in [0.1, 0.15) is 11.4 Å². The highest BCUT2D eigenvalue weighted by molar-refractivity contribution is 5.94. The summed E-state index contributed by atoms with van der Waals surface area (Å²) in [6, 6.07) is 9.83. The van der Waals surface area contributed by atoms with Crippen LogP contribution in [0.25, 0.3) is 0 Å². The van der Waals surface area contributed by atoms with Crippen LogP contribution in [-0.4, -0.2) is 17.3 Å². The average molecular weight is 408 g/mol. The van der Waals surface area contributed by atoms with Crippen LogP contribution in [0.4, 0.5) is 5.69 Å². The summed E-state index contributed by atoms with van der Waals surface area (Å²) in [4.78, 5) is 24.3. The Morgan fingerprint density at radius 1 is 1.07 bits per heavy atom. The number of carbonyl (C=O) groups excluding carboxylic acids is 2. The van der Waals surface area contributed by atoms with Gasteiger partial charge in [-0.2, -0.15) is 0 Å². The maximum atomic E-state index is 12.6. The van der Waals surface area contributed by atoms with Crippen molar-refractivity contribution >= 4 is 17.4 Å². The third-order valence-corrected chi connectivity index (χ3v) is 5.86. The van der Waals surface area contributed by atoms with Gasteiger partial charge in [0.2, 0.25) is 5.91 Å². The number of ether oxygens (including phenoxy) is 1. The predicted octanol–water partition coefficient (Wildman–Crippen LogP) is 6.18. The van der Waals surface area contributed by atoms with Crippen LogP contribution in [0.3, 0.4) is 0 Å². The minimum Gasteiger partial charge on any atom is -0.486 e. The molecule has 0 fully saturated rings. The summed E-state index contributed by atoms with van der Waals surface area (Å²) >= 11 is 0. The van der Waals surface area contributed by atoms with E-state index in [9.17, 15) is 9.59 Å². The summed E-state index contributed by atoms with van der Waals surface area (Å²) in [7, 11) is 0. The van der Waals surface area contributed by atoms with E-state index in [0.717, 1.165) is 33.7 Å². The maximum Gasteiger partial charge on any atom is 0.224 e. The number of hydrogen-bond donors (Lipinski definition) is 1. The van der Waals surface area contributed by atoms with Crippen LogP contribution in [0.15, 0.2) is 30.3 Å². The molecule has 1 aliphatic rings. The molecule has 1 amide bonds. The van der Waals surface area contributed by atoms with Gasteiger partial charge in [0.05, 0.1) is 5.92 Å². The Hall–Kier alpha value is -2.62. The SMILES string of the molecule is CC(=O)c1ccc(C2c3cc(NC(=O)CC(C)(C)C)c(C)c(C)c3OC2(C)C)cc1. The van der Waals surface area contributed by atoms with Gasteiger partial charge in [0, 0.05) is 23.2 Å². The molecule has 30 heavy (non-hydrogen) atoms. The fourth-order valence-electron chi connectivity index (χ4n) is 4.26. The molecule has 0 radical (unpaired) electrons. The molecule has 0 bridgehead atoms. The second-order valence-electron chi connectivity index (χ2n) is 10.2. The molecule has 2 aromatic rings. The summed E-state index contributed by atoms with van der Waals surface area (Å²) in [5, 5.41) is 3.12. The Labute approximate surface area is 180 Å². The first kappa shape index (κ1) is 22.1. The summed E-state index contributed by atoms with van der Waals surface area (Å²) in [6.07, 6.45) is 0.459. The molecule has 0 spiro atoms. The van der Waals surface area contributed by atoms with E-state index in [1.165, 1.54) is 0 Å². The van der Waals surface area contributed by atoms with E-state index in [0.29, 0.717) is 12.0 Å². The molecule has 1 atom stereocenters. The molecule has 0 aliphatic carbocycles. The summed E-state index contributed by atoms with van der Waals surface area (Å²) in [6.45, 7) is 16.0. The Balaban J connectivity index is 2.04. The number of Topliss-reactive ketones (excluding diaryl/α,β-unsaturated/α-hetero) is 1. The third kappa shape index (κ3) is 4.28. The lowest BCUT2D eigenvalue weighted by Crippen LogP contribution is -2.31. The molecule has 1 unspecified atom stereocenters. The van der Waals surface area contributed by atoms with E-state index in [1.54, 1.807) is 6.92 Å². The fraction of sp³-hybridized carbons (Fsp3) is 0.462. The van der Waals surface area contributed by atoms with Crippen molar-refractivity contribution in [1.29, 1.82) is 0 Å². The number of nitrogens with one attached hydrogen (secondary N) is 1. The Morgan fingerprint density at radius 3 is 2.20 bits per heavy atom. The van der Waals surface area contributed by atoms with Gasteiger partial charge in [-0.3, -0.25) is 9.59 Å². The highest BCUT2D eigenvalue weighted by atomic mass is 16.5. The summed E-state index contributed by atoms with van der Waals surface area (Å²) < 4.78 is 6.41. The van der Waals surface area contributed by atoms with Gasteiger partial charge in [0.15, 0.2) is 5.78 Å². The lowest BCUT2D eigenvalue weighted by molar-refractivity contribution is -0.117. The Kier molecular flexibility index (Phi) is 5.57. The Bertz CT molecular complexity index is 994. The smallest absolute Gasteiger partial charge is 0.224 e. The van der Waals surface area contributed by atoms with Crippen molar-refractivity contribution in [3.05, 3.63) is 58.1 Å². The number of fused-ring (bicyclic) bond motifs is 1. The number of rotatable bonds is 4. The zero-order valence-corrected chi connectivity index (χ0v) is 19.4. The van der Waals surface area contributed by atoms with Crippen molar-refractivity contribution in [1.82, 2.24) is 0 Å². The molecule has 1 N–H and O–H groups in total. The van der Waals surface area contributed by atoms with Gasteiger partial charge in [-0.1, -0.05) is 45.0 Å². The lowest BCUT2D eigenvalue weighted by Gasteiger charge is -2.27. The molecule has 4 heteroatoms. The molecule has 1 aliphatic heterocycles. The van der Waals surface area contributed by atoms with Crippen molar-refractivity contribution < 1.29 is 14.3 Å². The van der Waals surface area contributed by atoms with Crippen LogP contribution in [0.5, 0.6) is 5.75 Å².